The van der Waals surface area contributed by atoms with Gasteiger partial charge >= 0.3 is 5.97 Å². The van der Waals surface area contributed by atoms with Gasteiger partial charge in [0.25, 0.3) is 5.56 Å². The molecule has 8 heteroatoms. The van der Waals surface area contributed by atoms with Gasteiger partial charge in [0.2, 0.25) is 0 Å². The number of carbonyl (C=O) groups is 1. The number of fused-ring (bicyclic) bond motifs is 1. The molecule has 0 N–H and O–H groups in total. The first-order valence-electron chi connectivity index (χ1n) is 12.2. The summed E-state index contributed by atoms with van der Waals surface area (Å²) in [6.45, 7) is 4.23. The van der Waals surface area contributed by atoms with Crippen molar-refractivity contribution in [1.82, 2.24) is 4.57 Å². The molecule has 0 bridgehead atoms. The van der Waals surface area contributed by atoms with Crippen LogP contribution in [0.15, 0.2) is 104 Å². The Balaban J connectivity index is 1.55. The quantitative estimate of drug-likeness (QED) is 0.280. The summed E-state index contributed by atoms with van der Waals surface area (Å²) >= 11 is 4.76. The second kappa shape index (κ2) is 11.3. The van der Waals surface area contributed by atoms with Crippen LogP contribution in [0.1, 0.15) is 36.6 Å². The number of thiazole rings is 1. The van der Waals surface area contributed by atoms with E-state index in [0.29, 0.717) is 33.0 Å². The van der Waals surface area contributed by atoms with Crippen LogP contribution < -0.4 is 19.6 Å². The van der Waals surface area contributed by atoms with Crippen LogP contribution in [-0.2, 0) is 16.1 Å². The van der Waals surface area contributed by atoms with Gasteiger partial charge in [0.15, 0.2) is 4.80 Å². The third-order valence-electron chi connectivity index (χ3n) is 6.11. The number of halogens is 1. The van der Waals surface area contributed by atoms with Gasteiger partial charge < -0.3 is 9.47 Å². The van der Waals surface area contributed by atoms with E-state index in [9.17, 15) is 9.59 Å². The van der Waals surface area contributed by atoms with Crippen LogP contribution in [0.25, 0.3) is 6.08 Å². The molecule has 0 spiro atoms. The van der Waals surface area contributed by atoms with Crippen molar-refractivity contribution >= 4 is 39.3 Å². The van der Waals surface area contributed by atoms with Gasteiger partial charge in [-0.3, -0.25) is 9.36 Å². The van der Waals surface area contributed by atoms with E-state index in [1.165, 1.54) is 11.3 Å². The Morgan fingerprint density at radius 2 is 1.84 bits per heavy atom. The summed E-state index contributed by atoms with van der Waals surface area (Å²) in [4.78, 5) is 31.9. The Labute approximate surface area is 232 Å². The molecule has 6 nitrogen and oxygen atoms in total. The van der Waals surface area contributed by atoms with Crippen LogP contribution in [0.5, 0.6) is 5.75 Å². The minimum atomic E-state index is -0.638. The van der Waals surface area contributed by atoms with Crippen LogP contribution in [0.4, 0.5) is 0 Å². The summed E-state index contributed by atoms with van der Waals surface area (Å²) in [7, 11) is 0. The van der Waals surface area contributed by atoms with E-state index in [1.807, 2.05) is 84.9 Å². The van der Waals surface area contributed by atoms with Crippen LogP contribution in [0.2, 0.25) is 0 Å². The minimum absolute atomic E-state index is 0.216. The van der Waals surface area contributed by atoms with Gasteiger partial charge in [-0.1, -0.05) is 81.9 Å². The SMILES string of the molecule is CCOC(=O)C1=C(C)N=c2sc(=Cc3cccc(OCc4ccccc4)c3)c(=O)n2C1c1ccc(Br)cc1. The molecule has 0 fully saturated rings. The van der Waals surface area contributed by atoms with Gasteiger partial charge in [-0.25, -0.2) is 9.79 Å². The molecular weight excluding hydrogens is 564 g/mol. The molecule has 38 heavy (non-hydrogen) atoms. The number of allylic oxidation sites excluding steroid dienone is 1. The fourth-order valence-electron chi connectivity index (χ4n) is 4.34. The smallest absolute Gasteiger partial charge is 0.338 e. The number of carbonyl (C=O) groups excluding carboxylic acids is 1. The first-order chi connectivity index (χ1) is 18.4. The van der Waals surface area contributed by atoms with Crippen molar-refractivity contribution in [3.05, 3.63) is 131 Å². The maximum absolute atomic E-state index is 13.8. The lowest BCUT2D eigenvalue weighted by Crippen LogP contribution is -2.39. The summed E-state index contributed by atoms with van der Waals surface area (Å²) in [6, 6.07) is 24.5. The molecule has 192 valence electrons. The van der Waals surface area contributed by atoms with E-state index < -0.39 is 12.0 Å². The molecule has 0 radical (unpaired) electrons. The van der Waals surface area contributed by atoms with Gasteiger partial charge in [-0.15, -0.1) is 0 Å². The zero-order valence-corrected chi connectivity index (χ0v) is 23.3. The van der Waals surface area contributed by atoms with E-state index in [4.69, 9.17) is 9.47 Å². The average molecular weight is 590 g/mol. The van der Waals surface area contributed by atoms with E-state index >= 15 is 0 Å². The number of nitrogens with zero attached hydrogens (tertiary/aromatic N) is 2. The van der Waals surface area contributed by atoms with E-state index in [2.05, 4.69) is 20.9 Å². The molecule has 4 aromatic rings. The zero-order chi connectivity index (χ0) is 26.6. The van der Waals surface area contributed by atoms with Gasteiger partial charge in [0.05, 0.1) is 28.5 Å². The molecule has 1 aromatic heterocycles. The normalized spacial score (nSPS) is 15.1. The summed E-state index contributed by atoms with van der Waals surface area (Å²) in [5.74, 6) is 0.239. The van der Waals surface area contributed by atoms with Crippen molar-refractivity contribution in [2.75, 3.05) is 6.61 Å². The molecule has 0 saturated carbocycles. The lowest BCUT2D eigenvalue weighted by Gasteiger charge is -2.24. The highest BCUT2D eigenvalue weighted by atomic mass is 79.9. The number of ether oxygens (including phenoxy) is 2. The van der Waals surface area contributed by atoms with Gasteiger partial charge in [0, 0.05) is 4.47 Å². The summed E-state index contributed by atoms with van der Waals surface area (Å²) in [5.41, 5.74) is 3.40. The van der Waals surface area contributed by atoms with Gasteiger partial charge in [-0.05, 0) is 60.9 Å². The maximum atomic E-state index is 13.8. The van der Waals surface area contributed by atoms with Crippen LogP contribution in [-0.4, -0.2) is 17.1 Å². The second-order valence-electron chi connectivity index (χ2n) is 8.70. The van der Waals surface area contributed by atoms with Crippen molar-refractivity contribution < 1.29 is 14.3 Å². The van der Waals surface area contributed by atoms with Crippen LogP contribution >= 0.6 is 27.3 Å². The van der Waals surface area contributed by atoms with Gasteiger partial charge in [0.1, 0.15) is 12.4 Å². The molecule has 0 aliphatic carbocycles. The van der Waals surface area contributed by atoms with Crippen molar-refractivity contribution in [2.24, 2.45) is 4.99 Å². The first-order valence-corrected chi connectivity index (χ1v) is 13.8. The third kappa shape index (κ3) is 5.42. The highest BCUT2D eigenvalue weighted by molar-refractivity contribution is 9.10. The van der Waals surface area contributed by atoms with E-state index in [1.54, 1.807) is 18.4 Å². The third-order valence-corrected chi connectivity index (χ3v) is 7.62. The van der Waals surface area contributed by atoms with Crippen molar-refractivity contribution in [3.63, 3.8) is 0 Å². The number of benzene rings is 3. The number of hydrogen-bond acceptors (Lipinski definition) is 6. The Bertz CT molecular complexity index is 1690. The molecule has 1 atom stereocenters. The topological polar surface area (TPSA) is 69.9 Å². The van der Waals surface area contributed by atoms with Crippen molar-refractivity contribution in [2.45, 2.75) is 26.5 Å². The Morgan fingerprint density at radius 1 is 1.08 bits per heavy atom. The number of rotatable bonds is 7. The molecule has 0 saturated heterocycles. The molecule has 3 aromatic carbocycles. The lowest BCUT2D eigenvalue weighted by molar-refractivity contribution is -0.139. The van der Waals surface area contributed by atoms with Crippen molar-refractivity contribution in [3.8, 4) is 5.75 Å². The van der Waals surface area contributed by atoms with E-state index in [0.717, 1.165) is 21.2 Å². The van der Waals surface area contributed by atoms with Crippen LogP contribution in [0, 0.1) is 0 Å². The second-order valence-corrected chi connectivity index (χ2v) is 10.6. The van der Waals surface area contributed by atoms with E-state index in [-0.39, 0.29) is 12.2 Å². The van der Waals surface area contributed by atoms with Crippen molar-refractivity contribution in [1.29, 1.82) is 0 Å². The monoisotopic (exact) mass is 588 g/mol. The number of hydrogen-bond donors (Lipinski definition) is 0. The highest BCUT2D eigenvalue weighted by Crippen LogP contribution is 2.31. The Hall–Kier alpha value is -3.75. The Kier molecular flexibility index (Phi) is 7.72. The zero-order valence-electron chi connectivity index (χ0n) is 20.9. The molecule has 1 unspecified atom stereocenters. The average Bonchev–Trinajstić information content (AvgIpc) is 3.22. The summed E-state index contributed by atoms with van der Waals surface area (Å²) < 4.78 is 14.3. The lowest BCUT2D eigenvalue weighted by atomic mass is 9.96. The molecule has 5 rings (SSSR count). The summed E-state index contributed by atoms with van der Waals surface area (Å²) in [6.07, 6.45) is 1.83. The molecule has 2 heterocycles. The van der Waals surface area contributed by atoms with Gasteiger partial charge in [-0.2, -0.15) is 0 Å². The number of esters is 1. The molecular formula is C30H25BrN2O4S. The Morgan fingerprint density at radius 3 is 2.58 bits per heavy atom. The standard InChI is InChI=1S/C30H25BrN2O4S/c1-3-36-29(35)26-19(2)32-30-33(27(26)22-12-14-23(31)15-13-22)28(34)25(38-30)17-21-10-7-11-24(16-21)37-18-20-8-5-4-6-9-20/h4-17,27H,3,18H2,1-2H3. The highest BCUT2D eigenvalue weighted by Gasteiger charge is 2.33. The molecule has 1 aliphatic rings. The maximum Gasteiger partial charge on any atom is 0.338 e. The molecule has 1 aliphatic heterocycles. The predicted octanol–water partition coefficient (Wildman–Crippen LogP) is 5.14. The molecule has 0 amide bonds. The predicted molar refractivity (Wildman–Crippen MR) is 152 cm³/mol. The fourth-order valence-corrected chi connectivity index (χ4v) is 5.65. The largest absolute Gasteiger partial charge is 0.489 e. The fraction of sp³-hybridized carbons (Fsp3) is 0.167. The first kappa shape index (κ1) is 25.9. The number of aromatic nitrogens is 1. The summed E-state index contributed by atoms with van der Waals surface area (Å²) in [5, 5.41) is 0. The minimum Gasteiger partial charge on any atom is -0.489 e. The van der Waals surface area contributed by atoms with Crippen LogP contribution in [0.3, 0.4) is 0 Å².